The first kappa shape index (κ1) is 17.2. The molecule has 0 saturated heterocycles. The molecule has 1 aromatic carbocycles. The van der Waals surface area contributed by atoms with Crippen LogP contribution in [-0.4, -0.2) is 30.1 Å². The molecule has 0 aliphatic rings. The van der Waals surface area contributed by atoms with Crippen LogP contribution in [0.2, 0.25) is 0 Å². The first-order valence-electron chi connectivity index (χ1n) is 6.27. The van der Waals surface area contributed by atoms with Crippen molar-refractivity contribution in [3.05, 3.63) is 23.3 Å². The Morgan fingerprint density at radius 3 is 2.29 bits per heavy atom. The van der Waals surface area contributed by atoms with Crippen molar-refractivity contribution in [3.63, 3.8) is 0 Å². The normalized spacial score (nSPS) is 10.9. The maximum Gasteiger partial charge on any atom is 0.514 e. The molecule has 0 amide bonds. The fourth-order valence-corrected chi connectivity index (χ4v) is 2.29. The second kappa shape index (κ2) is 6.76. The zero-order valence-corrected chi connectivity index (χ0v) is 13.5. The predicted octanol–water partition coefficient (Wildman–Crippen LogP) is 3.74. The number of aldehydes is 1. The van der Waals surface area contributed by atoms with Crippen LogP contribution in [0.15, 0.2) is 17.0 Å². The Kier molecular flexibility index (Phi) is 5.54. The third-order valence-corrected chi connectivity index (χ3v) is 3.20. The number of ketones is 1. The van der Waals surface area contributed by atoms with Crippen LogP contribution in [0.25, 0.3) is 0 Å². The quantitative estimate of drug-likeness (QED) is 0.277. The van der Waals surface area contributed by atoms with E-state index in [2.05, 4.69) is 0 Å². The molecule has 0 fully saturated rings. The van der Waals surface area contributed by atoms with E-state index >= 15 is 0 Å². The van der Waals surface area contributed by atoms with Gasteiger partial charge in [-0.2, -0.15) is 0 Å². The van der Waals surface area contributed by atoms with Crippen LogP contribution >= 0.6 is 11.8 Å². The van der Waals surface area contributed by atoms with Crippen LogP contribution in [-0.2, 0) is 4.74 Å². The zero-order chi connectivity index (χ0) is 16.2. The standard InChI is InChI=1S/C15H18O5S/c1-9(17)12-11(21-5)7-6-10(8-16)13(12)19-14(18)20-15(2,3)4/h6-8H,1-5H3. The summed E-state index contributed by atoms with van der Waals surface area (Å²) in [5, 5.41) is 0. The van der Waals surface area contributed by atoms with Crippen molar-refractivity contribution in [1.29, 1.82) is 0 Å². The van der Waals surface area contributed by atoms with Crippen molar-refractivity contribution in [2.45, 2.75) is 38.2 Å². The molecule has 0 aliphatic carbocycles. The molecule has 0 unspecified atom stereocenters. The Morgan fingerprint density at radius 1 is 1.24 bits per heavy atom. The van der Waals surface area contributed by atoms with E-state index in [0.29, 0.717) is 11.2 Å². The summed E-state index contributed by atoms with van der Waals surface area (Å²) in [7, 11) is 0. The number of thioether (sulfide) groups is 1. The molecule has 0 radical (unpaired) electrons. The minimum Gasteiger partial charge on any atom is -0.428 e. The third kappa shape index (κ3) is 4.60. The van der Waals surface area contributed by atoms with Crippen LogP contribution in [0, 0.1) is 0 Å². The molecule has 0 saturated carbocycles. The van der Waals surface area contributed by atoms with Crippen LogP contribution < -0.4 is 4.74 Å². The first-order valence-corrected chi connectivity index (χ1v) is 7.50. The second-order valence-electron chi connectivity index (χ2n) is 5.30. The Labute approximate surface area is 128 Å². The van der Waals surface area contributed by atoms with Gasteiger partial charge in [-0.25, -0.2) is 4.79 Å². The van der Waals surface area contributed by atoms with E-state index in [9.17, 15) is 14.4 Å². The highest BCUT2D eigenvalue weighted by molar-refractivity contribution is 7.98. The number of Topliss-reactive ketones (excluding diaryl/α,β-unsaturated/α-hetero) is 1. The number of benzene rings is 1. The van der Waals surface area contributed by atoms with E-state index in [1.54, 1.807) is 33.1 Å². The topological polar surface area (TPSA) is 69.7 Å². The number of carbonyl (C=O) groups is 3. The van der Waals surface area contributed by atoms with E-state index in [1.165, 1.54) is 24.8 Å². The van der Waals surface area contributed by atoms with Crippen molar-refractivity contribution in [1.82, 2.24) is 0 Å². The lowest BCUT2D eigenvalue weighted by molar-refractivity contribution is 0.0204. The van der Waals surface area contributed by atoms with Crippen LogP contribution in [0.3, 0.4) is 0 Å². The lowest BCUT2D eigenvalue weighted by Gasteiger charge is -2.20. The molecule has 1 aromatic rings. The van der Waals surface area contributed by atoms with Crippen molar-refractivity contribution in [2.75, 3.05) is 6.26 Å². The number of hydrogen-bond acceptors (Lipinski definition) is 6. The van der Waals surface area contributed by atoms with Crippen LogP contribution in [0.4, 0.5) is 4.79 Å². The summed E-state index contributed by atoms with van der Waals surface area (Å²) >= 11 is 1.33. The Balaban J connectivity index is 3.28. The molecule has 0 N–H and O–H groups in total. The summed E-state index contributed by atoms with van der Waals surface area (Å²) in [5.74, 6) is -0.347. The van der Waals surface area contributed by atoms with Gasteiger partial charge in [-0.1, -0.05) is 0 Å². The van der Waals surface area contributed by atoms with Gasteiger partial charge in [0.25, 0.3) is 0 Å². The molecule has 0 bridgehead atoms. The maximum atomic E-state index is 11.8. The van der Waals surface area contributed by atoms with Gasteiger partial charge < -0.3 is 9.47 Å². The molecule has 21 heavy (non-hydrogen) atoms. The molecular weight excluding hydrogens is 292 g/mol. The van der Waals surface area contributed by atoms with E-state index in [4.69, 9.17) is 9.47 Å². The summed E-state index contributed by atoms with van der Waals surface area (Å²) in [5.41, 5.74) is -0.395. The summed E-state index contributed by atoms with van der Waals surface area (Å²) in [6.07, 6.45) is 1.38. The summed E-state index contributed by atoms with van der Waals surface area (Å²) in [6, 6.07) is 3.15. The minimum atomic E-state index is -0.952. The van der Waals surface area contributed by atoms with Gasteiger partial charge in [0.2, 0.25) is 0 Å². The fourth-order valence-electron chi connectivity index (χ4n) is 1.64. The van der Waals surface area contributed by atoms with Gasteiger partial charge in [0.15, 0.2) is 17.8 Å². The minimum absolute atomic E-state index is 0.0569. The third-order valence-electron chi connectivity index (χ3n) is 2.42. The number of ether oxygens (including phenoxy) is 2. The summed E-state index contributed by atoms with van der Waals surface area (Å²) in [4.78, 5) is 35.4. The Morgan fingerprint density at radius 2 is 1.86 bits per heavy atom. The summed E-state index contributed by atoms with van der Waals surface area (Å²) < 4.78 is 10.2. The maximum absolute atomic E-state index is 11.8. The Hall–Kier alpha value is -1.82. The van der Waals surface area contributed by atoms with Gasteiger partial charge in [0.1, 0.15) is 5.60 Å². The number of rotatable bonds is 4. The number of carbonyl (C=O) groups excluding carboxylic acids is 3. The SMILES string of the molecule is CSc1ccc(C=O)c(OC(=O)OC(C)(C)C)c1C(C)=O. The molecule has 0 heterocycles. The molecule has 1 rings (SSSR count). The monoisotopic (exact) mass is 310 g/mol. The average molecular weight is 310 g/mol. The second-order valence-corrected chi connectivity index (χ2v) is 6.15. The molecule has 0 aliphatic heterocycles. The summed E-state index contributed by atoms with van der Waals surface area (Å²) in [6.45, 7) is 6.43. The van der Waals surface area contributed by atoms with Crippen molar-refractivity contribution in [3.8, 4) is 5.75 Å². The number of hydrogen-bond donors (Lipinski definition) is 0. The van der Waals surface area contributed by atoms with Crippen LogP contribution in [0.5, 0.6) is 5.75 Å². The largest absolute Gasteiger partial charge is 0.514 e. The highest BCUT2D eigenvalue weighted by atomic mass is 32.2. The fraction of sp³-hybridized carbons (Fsp3) is 0.400. The molecule has 5 nitrogen and oxygen atoms in total. The van der Waals surface area contributed by atoms with Gasteiger partial charge in [-0.05, 0) is 46.1 Å². The molecular formula is C15H18O5S. The molecule has 0 spiro atoms. The van der Waals surface area contributed by atoms with E-state index < -0.39 is 11.8 Å². The van der Waals surface area contributed by atoms with E-state index in [0.717, 1.165) is 0 Å². The molecule has 114 valence electrons. The highest BCUT2D eigenvalue weighted by Crippen LogP contribution is 2.32. The van der Waals surface area contributed by atoms with Gasteiger partial charge in [0, 0.05) is 4.90 Å². The predicted molar refractivity (Wildman–Crippen MR) is 80.5 cm³/mol. The van der Waals surface area contributed by atoms with Gasteiger partial charge in [-0.15, -0.1) is 11.8 Å². The smallest absolute Gasteiger partial charge is 0.428 e. The lowest BCUT2D eigenvalue weighted by atomic mass is 10.1. The van der Waals surface area contributed by atoms with E-state index in [1.807, 2.05) is 0 Å². The zero-order valence-electron chi connectivity index (χ0n) is 12.7. The van der Waals surface area contributed by atoms with Gasteiger partial charge in [-0.3, -0.25) is 9.59 Å². The first-order chi connectivity index (χ1) is 9.69. The molecule has 0 atom stereocenters. The molecule has 6 heteroatoms. The van der Waals surface area contributed by atoms with Crippen molar-refractivity contribution >= 4 is 30.0 Å². The van der Waals surface area contributed by atoms with Crippen molar-refractivity contribution in [2.24, 2.45) is 0 Å². The highest BCUT2D eigenvalue weighted by Gasteiger charge is 2.24. The van der Waals surface area contributed by atoms with Crippen LogP contribution in [0.1, 0.15) is 48.4 Å². The lowest BCUT2D eigenvalue weighted by Crippen LogP contribution is -2.26. The molecule has 0 aromatic heterocycles. The van der Waals surface area contributed by atoms with Gasteiger partial charge in [0.05, 0.1) is 11.1 Å². The van der Waals surface area contributed by atoms with Gasteiger partial charge >= 0.3 is 6.16 Å². The van der Waals surface area contributed by atoms with E-state index in [-0.39, 0.29) is 22.7 Å². The Bertz CT molecular complexity index is 572. The van der Waals surface area contributed by atoms with Crippen molar-refractivity contribution < 1.29 is 23.9 Å². The average Bonchev–Trinajstić information content (AvgIpc) is 2.35.